The largest absolute Gasteiger partial charge is 0.481 e. The highest BCUT2D eigenvalue weighted by atomic mass is 16.6. The van der Waals surface area contributed by atoms with E-state index in [4.69, 9.17) is 33.5 Å². The second kappa shape index (κ2) is 31.2. The molecule has 22 nitrogen and oxygen atoms in total. The molecule has 0 unspecified atom stereocenters. The Morgan fingerprint density at radius 3 is 1.22 bits per heavy atom. The van der Waals surface area contributed by atoms with Crippen LogP contribution in [-0.2, 0) is 65.5 Å². The highest BCUT2D eigenvalue weighted by molar-refractivity contribution is 5.90. The number of carboxylic acids is 1. The van der Waals surface area contributed by atoms with E-state index in [0.717, 1.165) is 11.1 Å². The number of alkyl carbamates (subject to hydrolysis) is 4. The Hall–Kier alpha value is -6.68. The molecule has 362 valence electrons. The Bertz CT molecular complexity index is 1770. The van der Waals surface area contributed by atoms with Gasteiger partial charge in [0.1, 0.15) is 36.5 Å². The van der Waals surface area contributed by atoms with Crippen LogP contribution in [0.3, 0.4) is 0 Å². The zero-order valence-corrected chi connectivity index (χ0v) is 38.0. The zero-order valence-electron chi connectivity index (χ0n) is 38.0. The molecule has 65 heavy (non-hydrogen) atoms. The first-order chi connectivity index (χ1) is 30.7. The number of esters is 1. The van der Waals surface area contributed by atoms with Gasteiger partial charge in [0.15, 0.2) is 0 Å². The molecule has 2 rings (SSSR count). The van der Waals surface area contributed by atoms with Crippen LogP contribution in [0.25, 0.3) is 0 Å². The molecule has 0 saturated carbocycles. The van der Waals surface area contributed by atoms with Gasteiger partial charge in [-0.15, -0.1) is 0 Å². The molecule has 0 bridgehead atoms. The van der Waals surface area contributed by atoms with Crippen molar-refractivity contribution in [3.05, 3.63) is 71.8 Å². The smallest absolute Gasteiger partial charge is 0.408 e. The summed E-state index contributed by atoms with van der Waals surface area (Å²) < 4.78 is 35.5. The van der Waals surface area contributed by atoms with Crippen molar-refractivity contribution in [1.82, 2.24) is 31.9 Å². The average Bonchev–Trinajstić information content (AvgIpc) is 3.23. The highest BCUT2D eigenvalue weighted by Crippen LogP contribution is 2.08. The summed E-state index contributed by atoms with van der Waals surface area (Å²) in [5.41, 5.74) is 0.349. The van der Waals surface area contributed by atoms with Gasteiger partial charge in [-0.25, -0.2) is 19.2 Å². The molecule has 0 spiro atoms. The molecule has 0 aliphatic carbocycles. The van der Waals surface area contributed by atoms with Crippen molar-refractivity contribution in [3.63, 3.8) is 0 Å². The zero-order chi connectivity index (χ0) is 48.7. The van der Waals surface area contributed by atoms with Crippen molar-refractivity contribution in [3.8, 4) is 0 Å². The number of amides is 6. The standard InChI is InChI=1S/C22H33N3O8.C21H31N3O8/c1-22(2,3)33-20(28)24-11-13-31-12-10-23-19(27)17(14-18(26)30-4)25-21(29)32-15-16-8-6-5-7-9-16;1-21(2,3)32-19(28)23-10-12-30-11-9-22-18(27)16(13-17(25)26)24-20(29)31-14-15-7-5-4-6-8-15/h5-9,17H,10-15H2,1-4H3,(H,23,27)(H,24,28)(H,25,29);4-8,16H,9-14H2,1-3H3,(H,22,27)(H,23,28)(H,24,29)(H,25,26)/t17-;16-/m00/s1. The fourth-order valence-electron chi connectivity index (χ4n) is 4.68. The number of carbonyl (C=O) groups excluding carboxylic acids is 7. The summed E-state index contributed by atoms with van der Waals surface area (Å²) in [6.45, 7) is 11.9. The minimum absolute atomic E-state index is 0.0146. The molecule has 0 aromatic heterocycles. The Morgan fingerprint density at radius 1 is 0.523 bits per heavy atom. The third kappa shape index (κ3) is 30.9. The van der Waals surface area contributed by atoms with Gasteiger partial charge in [0.2, 0.25) is 11.8 Å². The van der Waals surface area contributed by atoms with E-state index in [1.807, 2.05) is 12.1 Å². The number of ether oxygens (including phenoxy) is 7. The Balaban J connectivity index is 0.000000650. The van der Waals surface area contributed by atoms with E-state index in [-0.39, 0.29) is 72.2 Å². The van der Waals surface area contributed by atoms with E-state index in [0.29, 0.717) is 0 Å². The summed E-state index contributed by atoms with van der Waals surface area (Å²) in [4.78, 5) is 94.2. The lowest BCUT2D eigenvalue weighted by atomic mass is 10.2. The maximum atomic E-state index is 12.4. The van der Waals surface area contributed by atoms with E-state index >= 15 is 0 Å². The molecule has 0 aliphatic heterocycles. The van der Waals surface area contributed by atoms with Crippen LogP contribution in [0.1, 0.15) is 65.5 Å². The normalized spacial score (nSPS) is 11.7. The third-order valence-corrected chi connectivity index (χ3v) is 7.54. The molecule has 2 aromatic carbocycles. The maximum absolute atomic E-state index is 12.4. The van der Waals surface area contributed by atoms with Crippen LogP contribution in [0, 0.1) is 0 Å². The first-order valence-corrected chi connectivity index (χ1v) is 20.5. The van der Waals surface area contributed by atoms with E-state index in [2.05, 4.69) is 36.6 Å². The summed E-state index contributed by atoms with van der Waals surface area (Å²) in [5, 5.41) is 23.7. The van der Waals surface area contributed by atoms with Gasteiger partial charge >= 0.3 is 36.3 Å². The molecule has 2 atom stereocenters. The van der Waals surface area contributed by atoms with Gasteiger partial charge in [0.05, 0.1) is 46.4 Å². The van der Waals surface area contributed by atoms with Gasteiger partial charge in [-0.3, -0.25) is 19.2 Å². The van der Waals surface area contributed by atoms with Gasteiger partial charge in [0.25, 0.3) is 0 Å². The maximum Gasteiger partial charge on any atom is 0.408 e. The molecule has 6 amide bonds. The molecule has 22 heteroatoms. The first-order valence-electron chi connectivity index (χ1n) is 20.5. The molecule has 0 fully saturated rings. The Kier molecular flexibility index (Phi) is 27.1. The summed E-state index contributed by atoms with van der Waals surface area (Å²) in [6.07, 6.45) is -3.81. The monoisotopic (exact) mass is 920 g/mol. The summed E-state index contributed by atoms with van der Waals surface area (Å²) >= 11 is 0. The van der Waals surface area contributed by atoms with Gasteiger partial charge in [-0.2, -0.15) is 0 Å². The number of methoxy groups -OCH3 is 1. The highest BCUT2D eigenvalue weighted by Gasteiger charge is 2.26. The molecule has 2 aromatic rings. The fraction of sp³-hybridized carbons (Fsp3) is 0.535. The molecular formula is C43H64N6O16. The lowest BCUT2D eigenvalue weighted by Crippen LogP contribution is -2.48. The van der Waals surface area contributed by atoms with Crippen LogP contribution in [0.2, 0.25) is 0 Å². The van der Waals surface area contributed by atoms with Crippen molar-refractivity contribution in [2.75, 3.05) is 59.7 Å². The summed E-state index contributed by atoms with van der Waals surface area (Å²) in [6, 6.07) is 15.5. The summed E-state index contributed by atoms with van der Waals surface area (Å²) in [5.74, 6) is -3.19. The van der Waals surface area contributed by atoms with Crippen LogP contribution < -0.4 is 31.9 Å². The lowest BCUT2D eigenvalue weighted by molar-refractivity contribution is -0.143. The van der Waals surface area contributed by atoms with Crippen molar-refractivity contribution in [2.24, 2.45) is 0 Å². The lowest BCUT2D eigenvalue weighted by Gasteiger charge is -2.19. The molecule has 0 radical (unpaired) electrons. The number of rotatable bonds is 24. The van der Waals surface area contributed by atoms with Crippen LogP contribution >= 0.6 is 0 Å². The summed E-state index contributed by atoms with van der Waals surface area (Å²) in [7, 11) is 1.18. The van der Waals surface area contributed by atoms with E-state index < -0.39 is 77.8 Å². The van der Waals surface area contributed by atoms with Gasteiger partial charge in [-0.05, 0) is 52.7 Å². The van der Waals surface area contributed by atoms with Gasteiger partial charge in [-0.1, -0.05) is 60.7 Å². The quantitative estimate of drug-likeness (QED) is 0.0453. The predicted molar refractivity (Wildman–Crippen MR) is 232 cm³/mol. The molecule has 7 N–H and O–H groups in total. The van der Waals surface area contributed by atoms with Gasteiger partial charge < -0.3 is 70.2 Å². The van der Waals surface area contributed by atoms with Gasteiger partial charge in [0, 0.05) is 26.2 Å². The number of hydrogen-bond donors (Lipinski definition) is 7. The van der Waals surface area contributed by atoms with Crippen molar-refractivity contribution in [1.29, 1.82) is 0 Å². The molecule has 0 saturated heterocycles. The van der Waals surface area contributed by atoms with E-state index in [9.17, 15) is 38.4 Å². The van der Waals surface area contributed by atoms with E-state index in [1.54, 1.807) is 90.1 Å². The number of nitrogens with one attached hydrogen (secondary N) is 6. The second-order valence-corrected chi connectivity index (χ2v) is 15.6. The second-order valence-electron chi connectivity index (χ2n) is 15.6. The first kappa shape index (κ1) is 56.3. The van der Waals surface area contributed by atoms with Crippen LogP contribution in [0.15, 0.2) is 60.7 Å². The van der Waals surface area contributed by atoms with Crippen molar-refractivity contribution < 1.29 is 76.6 Å². The molecular weight excluding hydrogens is 856 g/mol. The number of carbonyl (C=O) groups is 8. The SMILES string of the molecule is CC(C)(C)OC(=O)NCCOCCNC(=O)[C@H](CC(=O)O)NC(=O)OCc1ccccc1.COC(=O)C[C@H](NC(=O)OCc1ccccc1)C(=O)NCCOCCNC(=O)OC(C)(C)C. The number of benzene rings is 2. The van der Waals surface area contributed by atoms with Crippen molar-refractivity contribution >= 4 is 48.1 Å². The average molecular weight is 921 g/mol. The number of hydrogen-bond acceptors (Lipinski definition) is 15. The number of carboxylic acid groups (broad SMARTS) is 1. The van der Waals surface area contributed by atoms with Crippen LogP contribution in [-0.4, -0.2) is 136 Å². The Labute approximate surface area is 378 Å². The van der Waals surface area contributed by atoms with Crippen LogP contribution in [0.4, 0.5) is 19.2 Å². The number of aliphatic carboxylic acids is 1. The minimum atomic E-state index is -1.30. The Morgan fingerprint density at radius 2 is 0.877 bits per heavy atom. The predicted octanol–water partition coefficient (Wildman–Crippen LogP) is 2.92. The fourth-order valence-corrected chi connectivity index (χ4v) is 4.68. The molecule has 0 heterocycles. The minimum Gasteiger partial charge on any atom is -0.481 e. The molecule has 0 aliphatic rings. The van der Waals surface area contributed by atoms with Crippen LogP contribution in [0.5, 0.6) is 0 Å². The van der Waals surface area contributed by atoms with E-state index in [1.165, 1.54) is 7.11 Å². The topological polar surface area (TPSA) is 294 Å². The van der Waals surface area contributed by atoms with Crippen molar-refractivity contribution in [2.45, 2.75) is 90.9 Å². The third-order valence-electron chi connectivity index (χ3n) is 7.54.